The largest absolute Gasteiger partial charge is 0.465 e. The number of ether oxygens (including phenoxy) is 1. The molecule has 1 rings (SSSR count). The zero-order chi connectivity index (χ0) is 19.0. The van der Waals surface area contributed by atoms with Gasteiger partial charge >= 0.3 is 12.0 Å². The molecule has 8 heteroatoms. The number of carbonyl (C=O) groups is 3. The number of hydrogen-bond acceptors (Lipinski definition) is 6. The molecule has 3 N–H and O–H groups in total. The maximum Gasteiger partial charge on any atom is 0.332 e. The van der Waals surface area contributed by atoms with Gasteiger partial charge in [-0.1, -0.05) is 30.3 Å². The molecule has 0 saturated carbocycles. The number of benzene rings is 1. The van der Waals surface area contributed by atoms with Gasteiger partial charge in [-0.15, -0.1) is 0 Å². The number of hydrazone groups is 1. The van der Waals surface area contributed by atoms with Crippen LogP contribution in [0.2, 0.25) is 0 Å². The summed E-state index contributed by atoms with van der Waals surface area (Å²) >= 11 is 0. The van der Waals surface area contributed by atoms with E-state index in [9.17, 15) is 19.6 Å². The van der Waals surface area contributed by atoms with E-state index in [0.717, 1.165) is 0 Å². The van der Waals surface area contributed by atoms with E-state index in [2.05, 4.69) is 5.10 Å². The summed E-state index contributed by atoms with van der Waals surface area (Å²) in [5.74, 6) is -2.69. The fourth-order valence-corrected chi connectivity index (χ4v) is 2.58. The van der Waals surface area contributed by atoms with Crippen LogP contribution in [0.5, 0.6) is 0 Å². The highest BCUT2D eigenvalue weighted by atomic mass is 16.5. The van der Waals surface area contributed by atoms with Gasteiger partial charge in [0.2, 0.25) is 0 Å². The highest BCUT2D eigenvalue weighted by Crippen LogP contribution is 2.35. The molecule has 1 aromatic carbocycles. The van der Waals surface area contributed by atoms with Gasteiger partial charge in [0.05, 0.1) is 18.4 Å². The molecule has 0 fully saturated rings. The van der Waals surface area contributed by atoms with Crippen LogP contribution in [-0.2, 0) is 19.7 Å². The Morgan fingerprint density at radius 2 is 1.92 bits per heavy atom. The first-order valence-electron chi connectivity index (χ1n) is 7.55. The Labute approximate surface area is 145 Å². The highest BCUT2D eigenvalue weighted by Gasteiger charge is 2.51. The van der Waals surface area contributed by atoms with E-state index in [1.807, 2.05) is 11.5 Å². The summed E-state index contributed by atoms with van der Waals surface area (Å²) in [5, 5.41) is 13.6. The van der Waals surface area contributed by atoms with Crippen LogP contribution in [0.15, 0.2) is 35.4 Å². The third kappa shape index (κ3) is 4.20. The molecular weight excluding hydrogens is 324 g/mol. The van der Waals surface area contributed by atoms with E-state index >= 15 is 0 Å². The first kappa shape index (κ1) is 19.8. The quantitative estimate of drug-likeness (QED) is 0.436. The van der Waals surface area contributed by atoms with Crippen LogP contribution in [-0.4, -0.2) is 30.1 Å². The number of nitrogens with zero attached hydrogens (tertiary/aromatic N) is 2. The fraction of sp³-hybridized carbons (Fsp3) is 0.353. The van der Waals surface area contributed by atoms with Crippen LogP contribution >= 0.6 is 0 Å². The lowest BCUT2D eigenvalue weighted by Crippen LogP contribution is -2.49. The Morgan fingerprint density at radius 1 is 1.32 bits per heavy atom. The molecule has 0 bridgehead atoms. The monoisotopic (exact) mass is 344 g/mol. The zero-order valence-electron chi connectivity index (χ0n) is 14.3. The fourth-order valence-electron chi connectivity index (χ4n) is 2.58. The van der Waals surface area contributed by atoms with Crippen LogP contribution in [0, 0.1) is 17.2 Å². The van der Waals surface area contributed by atoms with Crippen LogP contribution in [0.25, 0.3) is 0 Å². The van der Waals surface area contributed by atoms with E-state index in [-0.39, 0.29) is 12.3 Å². The van der Waals surface area contributed by atoms with Crippen LogP contribution in [0.4, 0.5) is 4.79 Å². The van der Waals surface area contributed by atoms with Gasteiger partial charge in [-0.25, -0.2) is 10.2 Å². The van der Waals surface area contributed by atoms with E-state index in [0.29, 0.717) is 5.56 Å². The molecule has 0 saturated heterocycles. The van der Waals surface area contributed by atoms with Crippen molar-refractivity contribution in [3.8, 4) is 6.07 Å². The number of nitrogens with one attached hydrogen (secondary N) is 1. The number of nitrogens with two attached hydrogens (primary N) is 1. The summed E-state index contributed by atoms with van der Waals surface area (Å²) in [5.41, 5.74) is 5.50. The van der Waals surface area contributed by atoms with E-state index in [1.54, 1.807) is 37.3 Å². The van der Waals surface area contributed by atoms with Gasteiger partial charge in [-0.2, -0.15) is 10.4 Å². The minimum Gasteiger partial charge on any atom is -0.465 e. The van der Waals surface area contributed by atoms with Crippen molar-refractivity contribution in [3.05, 3.63) is 35.9 Å². The Bertz CT molecular complexity index is 724. The second-order valence-electron chi connectivity index (χ2n) is 5.26. The van der Waals surface area contributed by atoms with Crippen molar-refractivity contribution < 1.29 is 19.1 Å². The molecular formula is C17H20N4O4. The molecule has 132 valence electrons. The molecule has 25 heavy (non-hydrogen) atoms. The van der Waals surface area contributed by atoms with E-state index in [1.165, 1.54) is 13.8 Å². The third-order valence-corrected chi connectivity index (χ3v) is 3.68. The standard InChI is InChI=1S/C17H20N4O4/c1-4-25-15(23)14(11(2)20-21-16(19)24)17(10-18,12(3)22)13-8-6-5-7-9-13/h5-9,14H,4H2,1-3H3,(H3,19,21,24)/b20-11+. The SMILES string of the molecule is CCOC(=O)C(/C(C)=N/NC(N)=O)C(C#N)(C(C)=O)c1ccccc1. The number of rotatable bonds is 7. The average molecular weight is 344 g/mol. The lowest BCUT2D eigenvalue weighted by atomic mass is 9.67. The number of ketones is 1. The van der Waals surface area contributed by atoms with Crippen molar-refractivity contribution in [2.45, 2.75) is 26.2 Å². The van der Waals surface area contributed by atoms with Gasteiger partial charge in [0.15, 0.2) is 11.2 Å². The molecule has 2 amide bonds. The molecule has 0 spiro atoms. The smallest absolute Gasteiger partial charge is 0.332 e. The van der Waals surface area contributed by atoms with Gasteiger partial charge in [-0.3, -0.25) is 9.59 Å². The molecule has 0 aliphatic carbocycles. The first-order chi connectivity index (χ1) is 11.8. The Balaban J connectivity index is 3.63. The van der Waals surface area contributed by atoms with E-state index < -0.39 is 29.1 Å². The third-order valence-electron chi connectivity index (χ3n) is 3.68. The van der Waals surface area contributed by atoms with Crippen molar-refractivity contribution in [3.63, 3.8) is 0 Å². The lowest BCUT2D eigenvalue weighted by molar-refractivity contribution is -0.149. The van der Waals surface area contributed by atoms with Crippen LogP contribution in [0.3, 0.4) is 0 Å². The normalized spacial score (nSPS) is 14.6. The summed E-state index contributed by atoms with van der Waals surface area (Å²) in [4.78, 5) is 36.0. The molecule has 8 nitrogen and oxygen atoms in total. The van der Waals surface area contributed by atoms with Crippen molar-refractivity contribution in [1.82, 2.24) is 5.43 Å². The van der Waals surface area contributed by atoms with Gasteiger partial charge in [0.25, 0.3) is 0 Å². The molecule has 0 heterocycles. The van der Waals surface area contributed by atoms with Crippen molar-refractivity contribution >= 4 is 23.5 Å². The topological polar surface area (TPSA) is 135 Å². The second kappa shape index (κ2) is 8.59. The summed E-state index contributed by atoms with van der Waals surface area (Å²) < 4.78 is 5.04. The molecule has 0 aliphatic rings. The Kier molecular flexibility index (Phi) is 6.81. The minimum atomic E-state index is -1.85. The number of amides is 2. The highest BCUT2D eigenvalue weighted by molar-refractivity contribution is 6.10. The van der Waals surface area contributed by atoms with Crippen LogP contribution < -0.4 is 11.2 Å². The first-order valence-corrected chi connectivity index (χ1v) is 7.55. The van der Waals surface area contributed by atoms with Gasteiger partial charge in [-0.05, 0) is 26.3 Å². The van der Waals surface area contributed by atoms with Crippen molar-refractivity contribution in [2.75, 3.05) is 6.61 Å². The maximum absolute atomic E-state index is 12.6. The van der Waals surface area contributed by atoms with Crippen molar-refractivity contribution in [2.24, 2.45) is 16.8 Å². The Hall–Kier alpha value is -3.21. The predicted molar refractivity (Wildman–Crippen MR) is 90.4 cm³/mol. The number of hydrogen-bond donors (Lipinski definition) is 2. The number of esters is 1. The number of carbonyl (C=O) groups excluding carboxylic acids is 3. The van der Waals surface area contributed by atoms with Gasteiger partial charge < -0.3 is 10.5 Å². The molecule has 0 radical (unpaired) electrons. The average Bonchev–Trinajstić information content (AvgIpc) is 2.58. The zero-order valence-corrected chi connectivity index (χ0v) is 14.3. The molecule has 0 aromatic heterocycles. The second-order valence-corrected chi connectivity index (χ2v) is 5.26. The Morgan fingerprint density at radius 3 is 2.36 bits per heavy atom. The summed E-state index contributed by atoms with van der Waals surface area (Å²) in [6.07, 6.45) is 0. The number of nitriles is 1. The predicted octanol–water partition coefficient (Wildman–Crippen LogP) is 1.26. The van der Waals surface area contributed by atoms with Gasteiger partial charge in [0.1, 0.15) is 5.92 Å². The number of Topliss-reactive ketones (excluding diaryl/α,β-unsaturated/α-hetero) is 1. The summed E-state index contributed by atoms with van der Waals surface area (Å²) in [6, 6.07) is 9.21. The maximum atomic E-state index is 12.6. The van der Waals surface area contributed by atoms with Crippen molar-refractivity contribution in [1.29, 1.82) is 5.26 Å². The summed E-state index contributed by atoms with van der Waals surface area (Å²) in [6.45, 7) is 4.29. The minimum absolute atomic E-state index is 0.0258. The number of urea groups is 1. The molecule has 2 atom stereocenters. The lowest BCUT2D eigenvalue weighted by Gasteiger charge is -2.31. The molecule has 2 unspecified atom stereocenters. The summed E-state index contributed by atoms with van der Waals surface area (Å²) in [7, 11) is 0. The molecule has 1 aromatic rings. The molecule has 0 aliphatic heterocycles. The van der Waals surface area contributed by atoms with E-state index in [4.69, 9.17) is 10.5 Å². The number of primary amides is 1. The van der Waals surface area contributed by atoms with Crippen LogP contribution in [0.1, 0.15) is 26.3 Å². The van der Waals surface area contributed by atoms with Gasteiger partial charge in [0, 0.05) is 0 Å².